The Morgan fingerprint density at radius 2 is 1.35 bits per heavy atom. The molecule has 2 aliphatic carbocycles. The molecule has 0 saturated heterocycles. The number of nitrogens with zero attached hydrogens (tertiary/aromatic N) is 1. The van der Waals surface area contributed by atoms with Gasteiger partial charge in [-0.1, -0.05) is 27.7 Å². The molecule has 0 bridgehead atoms. The minimum atomic E-state index is -1.13. The fourth-order valence-electron chi connectivity index (χ4n) is 5.71. The van der Waals surface area contributed by atoms with Crippen LogP contribution in [0.25, 0.3) is 33.0 Å². The third-order valence-electron chi connectivity index (χ3n) is 7.74. The van der Waals surface area contributed by atoms with Gasteiger partial charge in [0.25, 0.3) is 0 Å². The number of carboxylic acid groups (broad SMARTS) is 1. The van der Waals surface area contributed by atoms with Crippen molar-refractivity contribution in [2.24, 2.45) is 4.99 Å². The van der Waals surface area contributed by atoms with Gasteiger partial charge in [0.05, 0.1) is 6.42 Å². The summed E-state index contributed by atoms with van der Waals surface area (Å²) in [6, 6.07) is 0.810. The van der Waals surface area contributed by atoms with E-state index in [4.69, 9.17) is 5.11 Å². The van der Waals surface area contributed by atoms with Gasteiger partial charge in [0.15, 0.2) is 22.4 Å². The van der Waals surface area contributed by atoms with E-state index in [2.05, 4.69) is 4.99 Å². The maximum Gasteiger partial charge on any atom is 0.305 e. The highest BCUT2D eigenvalue weighted by atomic mass is 16.4. The molecule has 0 heterocycles. The maximum absolute atomic E-state index is 14.0. The predicted octanol–water partition coefficient (Wildman–Crippen LogP) is 3.51. The number of aliphatic carboxylic acids is 1. The summed E-state index contributed by atoms with van der Waals surface area (Å²) in [7, 11) is 0. The monoisotopic (exact) mass is 589 g/mol. The van der Waals surface area contributed by atoms with Crippen molar-refractivity contribution >= 4 is 23.0 Å². The molecule has 4 rings (SSSR count). The molecule has 5 N–H and O–H groups in total. The van der Waals surface area contributed by atoms with Gasteiger partial charge in [0.1, 0.15) is 11.5 Å². The van der Waals surface area contributed by atoms with Crippen LogP contribution in [0.3, 0.4) is 0 Å². The largest absolute Gasteiger partial charge is 0.507 e. The molecular formula is C32H31NO10. The third-order valence-corrected chi connectivity index (χ3v) is 7.74. The van der Waals surface area contributed by atoms with Crippen molar-refractivity contribution in [2.45, 2.75) is 59.8 Å². The van der Waals surface area contributed by atoms with Gasteiger partial charge < -0.3 is 25.5 Å². The first kappa shape index (κ1) is 30.9. The summed E-state index contributed by atoms with van der Waals surface area (Å²) in [5.41, 5.74) is -4.84. The molecule has 11 heteroatoms. The van der Waals surface area contributed by atoms with E-state index < -0.39 is 62.5 Å². The summed E-state index contributed by atoms with van der Waals surface area (Å²) < 4.78 is 0. The number of phenols is 4. The zero-order valence-corrected chi connectivity index (χ0v) is 24.4. The lowest BCUT2D eigenvalue weighted by Gasteiger charge is -2.23. The second-order valence-electron chi connectivity index (χ2n) is 11.2. The zero-order chi connectivity index (χ0) is 32.2. The summed E-state index contributed by atoms with van der Waals surface area (Å²) >= 11 is 0. The maximum atomic E-state index is 14.0. The molecule has 11 nitrogen and oxygen atoms in total. The van der Waals surface area contributed by atoms with E-state index in [1.807, 2.05) is 0 Å². The lowest BCUT2D eigenvalue weighted by molar-refractivity contribution is -0.136. The number of hydrogen-bond donors (Lipinski definition) is 5. The summed E-state index contributed by atoms with van der Waals surface area (Å²) in [5, 5.41) is 53.9. The van der Waals surface area contributed by atoms with E-state index in [9.17, 15) is 44.4 Å². The second-order valence-corrected chi connectivity index (χ2v) is 11.2. The lowest BCUT2D eigenvalue weighted by atomic mass is 9.82. The first-order valence-corrected chi connectivity index (χ1v) is 13.6. The molecule has 0 unspecified atom stereocenters. The lowest BCUT2D eigenvalue weighted by Crippen LogP contribution is -2.35. The molecule has 0 atom stereocenters. The number of rotatable bonds is 7. The van der Waals surface area contributed by atoms with Crippen LogP contribution in [-0.2, 0) is 4.79 Å². The van der Waals surface area contributed by atoms with Gasteiger partial charge in [-0.05, 0) is 25.7 Å². The number of hydrogen-bond acceptors (Lipinski definition) is 10. The van der Waals surface area contributed by atoms with Crippen LogP contribution in [0.1, 0.15) is 73.8 Å². The van der Waals surface area contributed by atoms with Crippen LogP contribution < -0.4 is 21.7 Å². The van der Waals surface area contributed by atoms with Crippen LogP contribution >= 0.6 is 0 Å². The van der Waals surface area contributed by atoms with Gasteiger partial charge >= 0.3 is 5.97 Å². The molecule has 0 saturated carbocycles. The first-order valence-electron chi connectivity index (χ1n) is 13.6. The molecule has 43 heavy (non-hydrogen) atoms. The van der Waals surface area contributed by atoms with Gasteiger partial charge in [0.2, 0.25) is 10.9 Å². The van der Waals surface area contributed by atoms with E-state index >= 15 is 0 Å². The second kappa shape index (κ2) is 11.0. The number of aliphatic imine (C=N–C) groups is 1. The Morgan fingerprint density at radius 3 is 1.91 bits per heavy atom. The molecule has 224 valence electrons. The Balaban J connectivity index is 2.27. The average molecular weight is 590 g/mol. The van der Waals surface area contributed by atoms with Crippen molar-refractivity contribution in [2.75, 3.05) is 6.54 Å². The van der Waals surface area contributed by atoms with Crippen LogP contribution in [0.4, 0.5) is 0 Å². The third kappa shape index (κ3) is 4.70. The van der Waals surface area contributed by atoms with Crippen molar-refractivity contribution < 1.29 is 30.3 Å². The average Bonchev–Trinajstić information content (AvgIpc) is 2.92. The van der Waals surface area contributed by atoms with Crippen LogP contribution in [0.2, 0.25) is 0 Å². The van der Waals surface area contributed by atoms with E-state index in [1.165, 1.54) is 13.8 Å². The first-order chi connectivity index (χ1) is 20.0. The topological polar surface area (TPSA) is 199 Å². The Bertz CT molecular complexity index is 2050. The standard InChI is InChI=1S/C32H31NO10/c1-11(2)19-23-15(9-17(34)30(19)41)28(39)21(13(5)26(23)37)22-14(6)27(38)25-20(12(3)4)32(43)29(40)16(24(25)31(22)42)10-33-8-7-18(35)36/h9-12,38,40,42-43H,7-8H2,1-6H3,(H,35,36). The zero-order valence-electron chi connectivity index (χ0n) is 24.4. The molecule has 2 aromatic carbocycles. The normalized spacial score (nSPS) is 12.0. The van der Waals surface area contributed by atoms with Crippen molar-refractivity contribution in [1.82, 2.24) is 0 Å². The van der Waals surface area contributed by atoms with Crippen LogP contribution in [0.15, 0.2) is 30.2 Å². The van der Waals surface area contributed by atoms with Crippen molar-refractivity contribution in [3.63, 3.8) is 0 Å². The van der Waals surface area contributed by atoms with Gasteiger partial charge in [-0.2, -0.15) is 0 Å². The highest BCUT2D eigenvalue weighted by Gasteiger charge is 2.32. The van der Waals surface area contributed by atoms with Gasteiger partial charge in [-0.25, -0.2) is 0 Å². The summed E-state index contributed by atoms with van der Waals surface area (Å²) in [6.45, 7) is 9.12. The van der Waals surface area contributed by atoms with E-state index in [-0.39, 0.29) is 73.8 Å². The molecule has 0 radical (unpaired) electrons. The number of carbonyl (C=O) groups is 1. The Morgan fingerprint density at radius 1 is 0.744 bits per heavy atom. The molecule has 0 aromatic heterocycles. The van der Waals surface area contributed by atoms with Crippen molar-refractivity contribution in [1.29, 1.82) is 0 Å². The molecule has 0 fully saturated rings. The Hall–Kier alpha value is -5.06. The van der Waals surface area contributed by atoms with Gasteiger partial charge in [-0.3, -0.25) is 29.0 Å². The number of carboxylic acids is 1. The number of aromatic hydroxyl groups is 4. The van der Waals surface area contributed by atoms with Gasteiger partial charge in [0, 0.05) is 79.7 Å². The number of phenolic OH excluding ortho intramolecular Hbond substituents is 4. The molecule has 2 aliphatic rings. The minimum absolute atomic E-state index is 0.0309. The van der Waals surface area contributed by atoms with Crippen LogP contribution in [0, 0.1) is 13.8 Å². The number of fused-ring (bicyclic) bond motifs is 2. The summed E-state index contributed by atoms with van der Waals surface area (Å²) in [4.78, 5) is 67.9. The predicted molar refractivity (Wildman–Crippen MR) is 162 cm³/mol. The molecule has 0 spiro atoms. The highest BCUT2D eigenvalue weighted by molar-refractivity contribution is 6.14. The highest BCUT2D eigenvalue weighted by Crippen LogP contribution is 2.53. The van der Waals surface area contributed by atoms with E-state index in [1.54, 1.807) is 27.7 Å². The fraction of sp³-hybridized carbons (Fsp3) is 0.312. The smallest absolute Gasteiger partial charge is 0.305 e. The fourth-order valence-corrected chi connectivity index (χ4v) is 5.71. The molecule has 0 aliphatic heterocycles. The van der Waals surface area contributed by atoms with Gasteiger partial charge in [-0.15, -0.1) is 0 Å². The Labute approximate surface area is 244 Å². The summed E-state index contributed by atoms with van der Waals surface area (Å²) in [6.07, 6.45) is 0.696. The molecule has 2 aromatic rings. The molecule has 0 amide bonds. The van der Waals surface area contributed by atoms with Crippen molar-refractivity contribution in [3.05, 3.63) is 74.8 Å². The van der Waals surface area contributed by atoms with Crippen LogP contribution in [-0.4, -0.2) is 44.3 Å². The quantitative estimate of drug-likeness (QED) is 0.0920. The van der Waals surface area contributed by atoms with E-state index in [0.29, 0.717) is 0 Å². The summed E-state index contributed by atoms with van der Waals surface area (Å²) in [5.74, 6) is -4.55. The number of benzene rings is 4. The molecular weight excluding hydrogens is 558 g/mol. The van der Waals surface area contributed by atoms with E-state index in [0.717, 1.165) is 12.3 Å². The Kier molecular flexibility index (Phi) is 7.88. The van der Waals surface area contributed by atoms with Crippen molar-refractivity contribution in [3.8, 4) is 45.3 Å². The SMILES string of the molecule is Cc1c(-c2c(C)c(=O)c3c(C(C)C)c(=O)c(=O)cc-3c2=O)c(O)c2c(C=NCCC(=O)O)c(O)c(O)c(C(C)C)c2c1O. The minimum Gasteiger partial charge on any atom is -0.507 e. The van der Waals surface area contributed by atoms with Crippen LogP contribution in [0.5, 0.6) is 23.0 Å².